The Morgan fingerprint density at radius 1 is 1.32 bits per heavy atom. The van der Waals surface area contributed by atoms with Crippen LogP contribution in [0, 0.1) is 5.92 Å². The summed E-state index contributed by atoms with van der Waals surface area (Å²) in [6, 6.07) is 0. The van der Waals surface area contributed by atoms with Gasteiger partial charge in [0.1, 0.15) is 12.1 Å². The Balaban J connectivity index is 1.86. The van der Waals surface area contributed by atoms with Crippen molar-refractivity contribution < 1.29 is 4.74 Å². The standard InChI is InChI=1S/C19H31N5O/c1-4-5-9-24-19-17(16(23-24)11-14(2)3)18(21-13-22-19)20-12-15-8-6-7-10-25-15/h13-15H,4-12H2,1-3H3,(H,20,21,22). The average molecular weight is 345 g/mol. The van der Waals surface area contributed by atoms with Crippen molar-refractivity contribution in [1.82, 2.24) is 19.7 Å². The summed E-state index contributed by atoms with van der Waals surface area (Å²) in [5, 5.41) is 9.46. The second kappa shape index (κ2) is 8.61. The van der Waals surface area contributed by atoms with Gasteiger partial charge in [-0.1, -0.05) is 27.2 Å². The molecule has 0 aliphatic carbocycles. The minimum Gasteiger partial charge on any atom is -0.376 e. The minimum absolute atomic E-state index is 0.280. The van der Waals surface area contributed by atoms with Crippen LogP contribution in [0.15, 0.2) is 6.33 Å². The lowest BCUT2D eigenvalue weighted by atomic mass is 10.1. The fraction of sp³-hybridized carbons (Fsp3) is 0.737. The van der Waals surface area contributed by atoms with Crippen LogP contribution < -0.4 is 5.32 Å². The molecule has 0 amide bonds. The zero-order valence-corrected chi connectivity index (χ0v) is 15.8. The number of ether oxygens (including phenoxy) is 1. The Morgan fingerprint density at radius 2 is 2.20 bits per heavy atom. The van der Waals surface area contributed by atoms with Gasteiger partial charge in [-0.25, -0.2) is 14.6 Å². The van der Waals surface area contributed by atoms with E-state index in [4.69, 9.17) is 9.84 Å². The molecule has 6 heteroatoms. The molecular weight excluding hydrogens is 314 g/mol. The number of hydrogen-bond acceptors (Lipinski definition) is 5. The average Bonchev–Trinajstić information content (AvgIpc) is 2.96. The molecule has 0 bridgehead atoms. The highest BCUT2D eigenvalue weighted by Crippen LogP contribution is 2.26. The van der Waals surface area contributed by atoms with Crippen molar-refractivity contribution >= 4 is 16.9 Å². The van der Waals surface area contributed by atoms with E-state index in [2.05, 4.69) is 40.7 Å². The molecule has 1 N–H and O–H groups in total. The molecule has 2 aromatic heterocycles. The molecule has 138 valence electrons. The lowest BCUT2D eigenvalue weighted by Gasteiger charge is -2.23. The summed E-state index contributed by atoms with van der Waals surface area (Å²) < 4.78 is 7.89. The van der Waals surface area contributed by atoms with Gasteiger partial charge in [0.25, 0.3) is 0 Å². The van der Waals surface area contributed by atoms with Gasteiger partial charge >= 0.3 is 0 Å². The van der Waals surface area contributed by atoms with Crippen LogP contribution in [-0.2, 0) is 17.7 Å². The molecule has 1 aliphatic rings. The lowest BCUT2D eigenvalue weighted by molar-refractivity contribution is 0.0247. The quantitative estimate of drug-likeness (QED) is 0.788. The van der Waals surface area contributed by atoms with Crippen molar-refractivity contribution in [2.75, 3.05) is 18.5 Å². The van der Waals surface area contributed by atoms with Gasteiger partial charge in [-0.2, -0.15) is 5.10 Å². The lowest BCUT2D eigenvalue weighted by Crippen LogP contribution is -2.27. The Hall–Kier alpha value is -1.69. The number of aryl methyl sites for hydroxylation is 1. The van der Waals surface area contributed by atoms with Gasteiger partial charge in [-0.15, -0.1) is 0 Å². The maximum absolute atomic E-state index is 5.84. The number of fused-ring (bicyclic) bond motifs is 1. The fourth-order valence-electron chi connectivity index (χ4n) is 3.39. The van der Waals surface area contributed by atoms with Crippen molar-refractivity contribution in [3.63, 3.8) is 0 Å². The van der Waals surface area contributed by atoms with Crippen molar-refractivity contribution in [1.29, 1.82) is 0 Å². The third kappa shape index (κ3) is 4.48. The number of hydrogen-bond donors (Lipinski definition) is 1. The van der Waals surface area contributed by atoms with Gasteiger partial charge < -0.3 is 10.1 Å². The molecular formula is C19H31N5O. The topological polar surface area (TPSA) is 64.9 Å². The first-order valence-electron chi connectivity index (χ1n) is 9.75. The normalized spacial score (nSPS) is 18.2. The van der Waals surface area contributed by atoms with Crippen molar-refractivity contribution in [2.45, 2.75) is 71.9 Å². The van der Waals surface area contributed by atoms with E-state index in [0.717, 1.165) is 67.9 Å². The molecule has 0 radical (unpaired) electrons. The highest BCUT2D eigenvalue weighted by Gasteiger charge is 2.19. The predicted molar refractivity (Wildman–Crippen MR) is 101 cm³/mol. The van der Waals surface area contributed by atoms with Crippen LogP contribution in [0.1, 0.15) is 58.6 Å². The second-order valence-electron chi connectivity index (χ2n) is 7.41. The van der Waals surface area contributed by atoms with Crippen LogP contribution in [0.4, 0.5) is 5.82 Å². The number of aromatic nitrogens is 4. The van der Waals surface area contributed by atoms with Crippen molar-refractivity contribution in [3.05, 3.63) is 12.0 Å². The maximum Gasteiger partial charge on any atom is 0.163 e. The third-order valence-corrected chi connectivity index (χ3v) is 4.70. The van der Waals surface area contributed by atoms with Gasteiger partial charge in [-0.3, -0.25) is 0 Å². The Kier molecular flexibility index (Phi) is 6.24. The molecule has 1 aliphatic heterocycles. The first kappa shape index (κ1) is 18.1. The number of anilines is 1. The monoisotopic (exact) mass is 345 g/mol. The van der Waals surface area contributed by atoms with Crippen molar-refractivity contribution in [2.24, 2.45) is 5.92 Å². The number of unbranched alkanes of at least 4 members (excludes halogenated alkanes) is 1. The smallest absolute Gasteiger partial charge is 0.163 e. The molecule has 1 atom stereocenters. The van der Waals surface area contributed by atoms with Crippen LogP contribution in [-0.4, -0.2) is 39.0 Å². The predicted octanol–water partition coefficient (Wildman–Crippen LogP) is 3.81. The van der Waals surface area contributed by atoms with Gasteiger partial charge in [0.2, 0.25) is 0 Å². The summed E-state index contributed by atoms with van der Waals surface area (Å²) >= 11 is 0. The van der Waals surface area contributed by atoms with Crippen LogP contribution in [0.2, 0.25) is 0 Å². The first-order valence-corrected chi connectivity index (χ1v) is 9.75. The van der Waals surface area contributed by atoms with E-state index in [9.17, 15) is 0 Å². The summed E-state index contributed by atoms with van der Waals surface area (Å²) in [4.78, 5) is 9.06. The van der Waals surface area contributed by atoms with E-state index >= 15 is 0 Å². The highest BCUT2D eigenvalue weighted by atomic mass is 16.5. The first-order chi connectivity index (χ1) is 12.2. The number of nitrogens with zero attached hydrogens (tertiary/aromatic N) is 4. The Morgan fingerprint density at radius 3 is 2.92 bits per heavy atom. The molecule has 3 heterocycles. The van der Waals surface area contributed by atoms with Gasteiger partial charge in [0, 0.05) is 19.7 Å². The van der Waals surface area contributed by atoms with Crippen LogP contribution >= 0.6 is 0 Å². The van der Waals surface area contributed by atoms with Gasteiger partial charge in [0.05, 0.1) is 17.2 Å². The van der Waals surface area contributed by atoms with E-state index < -0.39 is 0 Å². The number of rotatable bonds is 8. The molecule has 2 aromatic rings. The van der Waals surface area contributed by atoms with Crippen LogP contribution in [0.25, 0.3) is 11.0 Å². The minimum atomic E-state index is 0.280. The van der Waals surface area contributed by atoms with Gasteiger partial charge in [-0.05, 0) is 38.0 Å². The molecule has 0 spiro atoms. The zero-order valence-electron chi connectivity index (χ0n) is 15.8. The molecule has 0 saturated carbocycles. The zero-order chi connectivity index (χ0) is 17.6. The van der Waals surface area contributed by atoms with E-state index in [0.29, 0.717) is 5.92 Å². The molecule has 3 rings (SSSR count). The summed E-state index contributed by atoms with van der Waals surface area (Å²) in [6.07, 6.45) is 8.68. The molecule has 0 aromatic carbocycles. The summed E-state index contributed by atoms with van der Waals surface area (Å²) in [5.41, 5.74) is 2.06. The summed E-state index contributed by atoms with van der Waals surface area (Å²) in [6.45, 7) is 9.24. The number of nitrogens with one attached hydrogen (secondary N) is 1. The van der Waals surface area contributed by atoms with Crippen LogP contribution in [0.5, 0.6) is 0 Å². The molecule has 6 nitrogen and oxygen atoms in total. The van der Waals surface area contributed by atoms with E-state index in [1.54, 1.807) is 6.33 Å². The fourth-order valence-corrected chi connectivity index (χ4v) is 3.39. The summed E-state index contributed by atoms with van der Waals surface area (Å²) in [5.74, 6) is 1.45. The molecule has 1 unspecified atom stereocenters. The second-order valence-corrected chi connectivity index (χ2v) is 7.41. The molecule has 1 fully saturated rings. The third-order valence-electron chi connectivity index (χ3n) is 4.70. The van der Waals surface area contributed by atoms with Crippen molar-refractivity contribution in [3.8, 4) is 0 Å². The van der Waals surface area contributed by atoms with E-state index in [-0.39, 0.29) is 6.10 Å². The van der Waals surface area contributed by atoms with E-state index in [1.807, 2.05) is 0 Å². The maximum atomic E-state index is 5.84. The molecule has 25 heavy (non-hydrogen) atoms. The van der Waals surface area contributed by atoms with Crippen LogP contribution in [0.3, 0.4) is 0 Å². The highest BCUT2D eigenvalue weighted by molar-refractivity contribution is 5.89. The Labute approximate surface area is 150 Å². The Bertz CT molecular complexity index is 676. The summed E-state index contributed by atoms with van der Waals surface area (Å²) in [7, 11) is 0. The van der Waals surface area contributed by atoms with Gasteiger partial charge in [0.15, 0.2) is 5.65 Å². The largest absolute Gasteiger partial charge is 0.376 e. The molecule has 1 saturated heterocycles. The SMILES string of the molecule is CCCCn1nc(CC(C)C)c2c(NCC3CCCCO3)ncnc21. The van der Waals surface area contributed by atoms with E-state index in [1.165, 1.54) is 12.8 Å².